The quantitative estimate of drug-likeness (QED) is 0.668. The highest BCUT2D eigenvalue weighted by molar-refractivity contribution is 5.20. The smallest absolute Gasteiger partial charge is 0.119 e. The van der Waals surface area contributed by atoms with Crippen LogP contribution in [0.2, 0.25) is 0 Å². The second-order valence-electron chi connectivity index (χ2n) is 4.09. The standard InChI is InChI=1S/C14H24N2O/c1-2-16(11-6-10-15)12-7-13-17-14-8-4-3-5-9-14/h3-5,8-9H,2,6-7,10-13,15H2,1H3. The lowest BCUT2D eigenvalue weighted by Crippen LogP contribution is -2.28. The molecule has 1 rings (SSSR count). The van der Waals surface area contributed by atoms with Crippen LogP contribution in [0, 0.1) is 0 Å². The maximum atomic E-state index is 5.65. The summed E-state index contributed by atoms with van der Waals surface area (Å²) in [6.45, 7) is 7.02. The first-order chi connectivity index (χ1) is 8.36. The largest absolute Gasteiger partial charge is 0.494 e. The van der Waals surface area contributed by atoms with Gasteiger partial charge in [-0.05, 0) is 44.6 Å². The summed E-state index contributed by atoms with van der Waals surface area (Å²) in [6, 6.07) is 9.97. The molecule has 0 unspecified atom stereocenters. The summed E-state index contributed by atoms with van der Waals surface area (Å²) >= 11 is 0. The molecule has 0 aliphatic heterocycles. The molecule has 17 heavy (non-hydrogen) atoms. The normalized spacial score (nSPS) is 10.8. The van der Waals surface area contributed by atoms with Crippen molar-refractivity contribution in [3.63, 3.8) is 0 Å². The molecule has 2 N–H and O–H groups in total. The summed E-state index contributed by atoms with van der Waals surface area (Å²) in [5, 5.41) is 0. The summed E-state index contributed by atoms with van der Waals surface area (Å²) in [4.78, 5) is 2.42. The topological polar surface area (TPSA) is 38.5 Å². The molecule has 0 radical (unpaired) electrons. The van der Waals surface area contributed by atoms with Crippen LogP contribution in [0.25, 0.3) is 0 Å². The molecule has 0 atom stereocenters. The molecular weight excluding hydrogens is 212 g/mol. The zero-order valence-electron chi connectivity index (χ0n) is 10.8. The second kappa shape index (κ2) is 9.02. The van der Waals surface area contributed by atoms with Gasteiger partial charge in [0, 0.05) is 6.54 Å². The minimum Gasteiger partial charge on any atom is -0.494 e. The van der Waals surface area contributed by atoms with Gasteiger partial charge < -0.3 is 15.4 Å². The van der Waals surface area contributed by atoms with E-state index in [1.807, 2.05) is 30.3 Å². The van der Waals surface area contributed by atoms with E-state index < -0.39 is 0 Å². The van der Waals surface area contributed by atoms with Gasteiger partial charge >= 0.3 is 0 Å². The SMILES string of the molecule is CCN(CCCN)CCCOc1ccccc1. The van der Waals surface area contributed by atoms with Gasteiger partial charge in [-0.15, -0.1) is 0 Å². The van der Waals surface area contributed by atoms with Crippen molar-refractivity contribution in [2.75, 3.05) is 32.8 Å². The average molecular weight is 236 g/mol. The second-order valence-corrected chi connectivity index (χ2v) is 4.09. The first-order valence-electron chi connectivity index (χ1n) is 6.47. The Kier molecular flexibility index (Phi) is 7.43. The third-order valence-corrected chi connectivity index (χ3v) is 2.76. The minimum atomic E-state index is 0.775. The number of hydrogen-bond acceptors (Lipinski definition) is 3. The van der Waals surface area contributed by atoms with Crippen LogP contribution in [-0.4, -0.2) is 37.7 Å². The first kappa shape index (κ1) is 14.0. The van der Waals surface area contributed by atoms with Gasteiger partial charge in [-0.3, -0.25) is 0 Å². The maximum absolute atomic E-state index is 5.65. The van der Waals surface area contributed by atoms with E-state index in [0.29, 0.717) is 0 Å². The molecule has 1 aromatic rings. The van der Waals surface area contributed by atoms with E-state index in [1.165, 1.54) is 0 Å². The van der Waals surface area contributed by atoms with Crippen LogP contribution >= 0.6 is 0 Å². The van der Waals surface area contributed by atoms with E-state index >= 15 is 0 Å². The fourth-order valence-electron chi connectivity index (χ4n) is 1.74. The van der Waals surface area contributed by atoms with Crippen molar-refractivity contribution < 1.29 is 4.74 Å². The van der Waals surface area contributed by atoms with E-state index in [-0.39, 0.29) is 0 Å². The summed E-state index contributed by atoms with van der Waals surface area (Å²) < 4.78 is 5.65. The Morgan fingerprint density at radius 1 is 1.12 bits per heavy atom. The van der Waals surface area contributed by atoms with Crippen LogP contribution < -0.4 is 10.5 Å². The van der Waals surface area contributed by atoms with Gasteiger partial charge in [0.15, 0.2) is 0 Å². The van der Waals surface area contributed by atoms with Gasteiger partial charge in [0.25, 0.3) is 0 Å². The van der Waals surface area contributed by atoms with Crippen molar-refractivity contribution in [2.45, 2.75) is 19.8 Å². The number of ether oxygens (including phenoxy) is 1. The number of nitrogens with two attached hydrogens (primary N) is 1. The van der Waals surface area contributed by atoms with E-state index in [1.54, 1.807) is 0 Å². The molecule has 0 saturated carbocycles. The Morgan fingerprint density at radius 2 is 1.82 bits per heavy atom. The van der Waals surface area contributed by atoms with E-state index in [0.717, 1.165) is 51.4 Å². The summed E-state index contributed by atoms with van der Waals surface area (Å²) in [6.07, 6.45) is 2.14. The fraction of sp³-hybridized carbons (Fsp3) is 0.571. The summed E-state index contributed by atoms with van der Waals surface area (Å²) in [7, 11) is 0. The van der Waals surface area contributed by atoms with E-state index in [9.17, 15) is 0 Å². The third-order valence-electron chi connectivity index (χ3n) is 2.76. The molecule has 1 aromatic carbocycles. The van der Waals surface area contributed by atoms with Crippen molar-refractivity contribution in [1.29, 1.82) is 0 Å². The summed E-state index contributed by atoms with van der Waals surface area (Å²) in [5.41, 5.74) is 5.51. The van der Waals surface area contributed by atoms with Crippen molar-refractivity contribution in [1.82, 2.24) is 4.90 Å². The van der Waals surface area contributed by atoms with Crippen LogP contribution in [0.15, 0.2) is 30.3 Å². The molecule has 0 saturated heterocycles. The van der Waals surface area contributed by atoms with E-state index in [4.69, 9.17) is 10.5 Å². The molecule has 0 amide bonds. The van der Waals surface area contributed by atoms with Crippen LogP contribution in [0.3, 0.4) is 0 Å². The third kappa shape index (κ3) is 6.29. The van der Waals surface area contributed by atoms with Gasteiger partial charge in [-0.1, -0.05) is 25.1 Å². The fourth-order valence-corrected chi connectivity index (χ4v) is 1.74. The van der Waals surface area contributed by atoms with Gasteiger partial charge in [-0.2, -0.15) is 0 Å². The van der Waals surface area contributed by atoms with Gasteiger partial charge in [-0.25, -0.2) is 0 Å². The molecule has 3 nitrogen and oxygen atoms in total. The molecule has 0 heterocycles. The van der Waals surface area contributed by atoms with Gasteiger partial charge in [0.1, 0.15) is 5.75 Å². The Balaban J connectivity index is 2.10. The van der Waals surface area contributed by atoms with Crippen molar-refractivity contribution in [3.05, 3.63) is 30.3 Å². The zero-order valence-corrected chi connectivity index (χ0v) is 10.8. The number of benzene rings is 1. The predicted molar refractivity (Wildman–Crippen MR) is 72.3 cm³/mol. The molecule has 0 bridgehead atoms. The highest BCUT2D eigenvalue weighted by atomic mass is 16.5. The Morgan fingerprint density at radius 3 is 2.47 bits per heavy atom. The molecule has 0 spiro atoms. The average Bonchev–Trinajstić information content (AvgIpc) is 2.39. The number of hydrogen-bond donors (Lipinski definition) is 1. The Bertz CT molecular complexity index is 277. The van der Waals surface area contributed by atoms with E-state index in [2.05, 4.69) is 11.8 Å². The van der Waals surface area contributed by atoms with Gasteiger partial charge in [0.2, 0.25) is 0 Å². The van der Waals surface area contributed by atoms with Crippen LogP contribution in [0.4, 0.5) is 0 Å². The van der Waals surface area contributed by atoms with Crippen molar-refractivity contribution in [2.24, 2.45) is 5.73 Å². The molecule has 3 heteroatoms. The predicted octanol–water partition coefficient (Wildman–Crippen LogP) is 2.13. The minimum absolute atomic E-state index is 0.775. The molecule has 96 valence electrons. The highest BCUT2D eigenvalue weighted by Crippen LogP contribution is 2.08. The lowest BCUT2D eigenvalue weighted by Gasteiger charge is -2.19. The number of nitrogens with zero attached hydrogens (tertiary/aromatic N) is 1. The lowest BCUT2D eigenvalue weighted by atomic mass is 10.3. The molecular formula is C14H24N2O. The summed E-state index contributed by atoms with van der Waals surface area (Å²) in [5.74, 6) is 0.956. The van der Waals surface area contributed by atoms with Gasteiger partial charge in [0.05, 0.1) is 6.61 Å². The lowest BCUT2D eigenvalue weighted by molar-refractivity contribution is 0.241. The molecule has 0 aromatic heterocycles. The molecule has 0 fully saturated rings. The first-order valence-corrected chi connectivity index (χ1v) is 6.47. The van der Waals surface area contributed by atoms with Crippen LogP contribution in [-0.2, 0) is 0 Å². The number of rotatable bonds is 9. The number of para-hydroxylation sites is 1. The van der Waals surface area contributed by atoms with Crippen LogP contribution in [0.1, 0.15) is 19.8 Å². The maximum Gasteiger partial charge on any atom is 0.119 e. The van der Waals surface area contributed by atoms with Crippen molar-refractivity contribution in [3.8, 4) is 5.75 Å². The Hall–Kier alpha value is -1.06. The zero-order chi connectivity index (χ0) is 12.3. The van der Waals surface area contributed by atoms with Crippen LogP contribution in [0.5, 0.6) is 5.75 Å². The highest BCUT2D eigenvalue weighted by Gasteiger charge is 2.01. The monoisotopic (exact) mass is 236 g/mol. The Labute approximate surface area is 105 Å². The molecule has 0 aliphatic rings. The van der Waals surface area contributed by atoms with Crippen molar-refractivity contribution >= 4 is 0 Å². The molecule has 0 aliphatic carbocycles.